The Balaban J connectivity index is 1.75. The standard InChI is InChI=1S/C19H24N6O2/c1-13-20-24-25(23-13)16-8-9-17(26-5)15(11-16)7-6-10-19(3,4)12-18-22-21-14(2)27-18/h6-9,11H,10,12H2,1-5H3/b7-6+. The predicted molar refractivity (Wildman–Crippen MR) is 101 cm³/mol. The number of hydrogen-bond donors (Lipinski definition) is 0. The van der Waals surface area contributed by atoms with E-state index in [0.29, 0.717) is 17.6 Å². The van der Waals surface area contributed by atoms with Gasteiger partial charge in [0.15, 0.2) is 5.82 Å². The summed E-state index contributed by atoms with van der Waals surface area (Å²) in [6.45, 7) is 7.95. The van der Waals surface area contributed by atoms with E-state index in [1.807, 2.05) is 24.3 Å². The molecule has 0 radical (unpaired) electrons. The van der Waals surface area contributed by atoms with Gasteiger partial charge in [-0.2, -0.15) is 0 Å². The third-order valence-corrected chi connectivity index (χ3v) is 4.12. The lowest BCUT2D eigenvalue weighted by Crippen LogP contribution is -2.14. The molecule has 0 saturated heterocycles. The van der Waals surface area contributed by atoms with Gasteiger partial charge in [-0.05, 0) is 42.2 Å². The number of aromatic nitrogens is 6. The molecule has 3 aromatic rings. The monoisotopic (exact) mass is 368 g/mol. The Bertz CT molecular complexity index is 941. The topological polar surface area (TPSA) is 91.8 Å². The molecule has 0 bridgehead atoms. The first-order valence-corrected chi connectivity index (χ1v) is 8.77. The second kappa shape index (κ2) is 7.69. The fraction of sp³-hybridized carbons (Fsp3) is 0.421. The summed E-state index contributed by atoms with van der Waals surface area (Å²) < 4.78 is 11.0. The van der Waals surface area contributed by atoms with Crippen LogP contribution >= 0.6 is 0 Å². The SMILES string of the molecule is COc1ccc(-n2nnc(C)n2)cc1/C=C/CC(C)(C)Cc1nnc(C)o1. The molecule has 0 aliphatic heterocycles. The number of methoxy groups -OCH3 is 1. The van der Waals surface area contributed by atoms with Gasteiger partial charge >= 0.3 is 0 Å². The first-order chi connectivity index (χ1) is 12.9. The molecule has 0 aliphatic carbocycles. The van der Waals surface area contributed by atoms with Crippen molar-refractivity contribution in [1.82, 2.24) is 30.4 Å². The van der Waals surface area contributed by atoms with Crippen LogP contribution in [0, 0.1) is 19.3 Å². The van der Waals surface area contributed by atoms with Gasteiger partial charge in [0.1, 0.15) is 5.75 Å². The molecular formula is C19H24N6O2. The summed E-state index contributed by atoms with van der Waals surface area (Å²) >= 11 is 0. The Morgan fingerprint density at radius 3 is 2.63 bits per heavy atom. The summed E-state index contributed by atoms with van der Waals surface area (Å²) in [5.41, 5.74) is 1.77. The van der Waals surface area contributed by atoms with Crippen molar-refractivity contribution in [2.24, 2.45) is 5.41 Å². The molecule has 2 heterocycles. The second-order valence-corrected chi connectivity index (χ2v) is 7.21. The molecule has 0 unspecified atom stereocenters. The summed E-state index contributed by atoms with van der Waals surface area (Å²) in [6.07, 6.45) is 5.75. The Morgan fingerprint density at radius 2 is 2.00 bits per heavy atom. The number of rotatable bonds is 7. The highest BCUT2D eigenvalue weighted by atomic mass is 16.5. The van der Waals surface area contributed by atoms with Crippen molar-refractivity contribution in [3.8, 4) is 11.4 Å². The molecule has 2 aromatic heterocycles. The molecular weight excluding hydrogens is 344 g/mol. The van der Waals surface area contributed by atoms with Gasteiger partial charge in [-0.25, -0.2) is 0 Å². The number of allylic oxidation sites excluding steroid dienone is 1. The summed E-state index contributed by atoms with van der Waals surface area (Å²) in [5.74, 6) is 2.67. The van der Waals surface area contributed by atoms with E-state index in [1.165, 1.54) is 4.80 Å². The molecule has 0 atom stereocenters. The van der Waals surface area contributed by atoms with Gasteiger partial charge in [-0.3, -0.25) is 0 Å². The number of nitrogens with zero attached hydrogens (tertiary/aromatic N) is 6. The average Bonchev–Trinajstić information content (AvgIpc) is 3.22. The smallest absolute Gasteiger partial charge is 0.217 e. The summed E-state index contributed by atoms with van der Waals surface area (Å²) in [7, 11) is 1.66. The maximum Gasteiger partial charge on any atom is 0.217 e. The van der Waals surface area contributed by atoms with Crippen LogP contribution in [0.3, 0.4) is 0 Å². The second-order valence-electron chi connectivity index (χ2n) is 7.21. The number of benzene rings is 1. The highest BCUT2D eigenvalue weighted by molar-refractivity contribution is 5.60. The largest absolute Gasteiger partial charge is 0.496 e. The van der Waals surface area contributed by atoms with E-state index in [4.69, 9.17) is 9.15 Å². The normalized spacial score (nSPS) is 12.0. The Morgan fingerprint density at radius 1 is 1.19 bits per heavy atom. The minimum absolute atomic E-state index is 0.00904. The van der Waals surface area contributed by atoms with Crippen molar-refractivity contribution in [2.75, 3.05) is 7.11 Å². The van der Waals surface area contributed by atoms with Gasteiger partial charge in [-0.15, -0.1) is 25.2 Å². The Hall–Kier alpha value is -3.03. The van der Waals surface area contributed by atoms with Crippen LogP contribution in [0.1, 0.15) is 43.4 Å². The molecule has 0 amide bonds. The third kappa shape index (κ3) is 4.78. The van der Waals surface area contributed by atoms with Crippen molar-refractivity contribution in [3.05, 3.63) is 47.4 Å². The fourth-order valence-corrected chi connectivity index (χ4v) is 2.77. The number of aryl methyl sites for hydroxylation is 2. The molecule has 0 aliphatic rings. The molecule has 0 fully saturated rings. The summed E-state index contributed by atoms with van der Waals surface area (Å²) in [6, 6.07) is 5.78. The Kier molecular flexibility index (Phi) is 5.34. The zero-order valence-corrected chi connectivity index (χ0v) is 16.3. The highest BCUT2D eigenvalue weighted by Crippen LogP contribution is 2.28. The quantitative estimate of drug-likeness (QED) is 0.631. The maximum atomic E-state index is 5.50. The molecule has 0 spiro atoms. The van der Waals surface area contributed by atoms with Crippen LogP contribution in [0.25, 0.3) is 11.8 Å². The fourth-order valence-electron chi connectivity index (χ4n) is 2.77. The molecule has 8 heteroatoms. The molecule has 27 heavy (non-hydrogen) atoms. The highest BCUT2D eigenvalue weighted by Gasteiger charge is 2.20. The molecule has 8 nitrogen and oxygen atoms in total. The summed E-state index contributed by atoms with van der Waals surface area (Å²) in [5, 5.41) is 20.2. The van der Waals surface area contributed by atoms with E-state index in [0.717, 1.165) is 29.8 Å². The van der Waals surface area contributed by atoms with Gasteiger partial charge in [-0.1, -0.05) is 26.0 Å². The van der Waals surface area contributed by atoms with Crippen LogP contribution in [0.4, 0.5) is 0 Å². The molecule has 3 rings (SSSR count). The van der Waals surface area contributed by atoms with Crippen molar-refractivity contribution in [2.45, 2.75) is 40.5 Å². The zero-order chi connectivity index (χ0) is 19.4. The van der Waals surface area contributed by atoms with Crippen molar-refractivity contribution in [1.29, 1.82) is 0 Å². The van der Waals surface area contributed by atoms with E-state index in [1.54, 1.807) is 21.0 Å². The van der Waals surface area contributed by atoms with Crippen LogP contribution in [0.2, 0.25) is 0 Å². The van der Waals surface area contributed by atoms with Crippen molar-refractivity contribution < 1.29 is 9.15 Å². The lowest BCUT2D eigenvalue weighted by Gasteiger charge is -2.20. The minimum Gasteiger partial charge on any atom is -0.496 e. The van der Waals surface area contributed by atoms with Gasteiger partial charge in [0.2, 0.25) is 11.8 Å². The number of hydrogen-bond acceptors (Lipinski definition) is 7. The van der Waals surface area contributed by atoms with Crippen LogP contribution in [0.5, 0.6) is 5.75 Å². The first-order valence-electron chi connectivity index (χ1n) is 8.77. The van der Waals surface area contributed by atoms with Crippen LogP contribution in [-0.2, 0) is 6.42 Å². The third-order valence-electron chi connectivity index (χ3n) is 4.12. The minimum atomic E-state index is -0.00904. The van der Waals surface area contributed by atoms with Crippen LogP contribution in [0.15, 0.2) is 28.7 Å². The predicted octanol–water partition coefficient (Wildman–Crippen LogP) is 3.34. The molecule has 142 valence electrons. The summed E-state index contributed by atoms with van der Waals surface area (Å²) in [4.78, 5) is 1.51. The van der Waals surface area contributed by atoms with E-state index in [2.05, 4.69) is 45.5 Å². The van der Waals surface area contributed by atoms with Crippen LogP contribution in [-0.4, -0.2) is 37.5 Å². The lowest BCUT2D eigenvalue weighted by molar-refractivity contribution is 0.321. The number of tetrazole rings is 1. The lowest BCUT2D eigenvalue weighted by atomic mass is 9.85. The van der Waals surface area contributed by atoms with Crippen molar-refractivity contribution >= 4 is 6.08 Å². The Labute approximate surface area is 158 Å². The molecule has 0 saturated carbocycles. The van der Waals surface area contributed by atoms with E-state index < -0.39 is 0 Å². The van der Waals surface area contributed by atoms with Gasteiger partial charge in [0.05, 0.1) is 12.8 Å². The maximum absolute atomic E-state index is 5.50. The van der Waals surface area contributed by atoms with Gasteiger partial charge < -0.3 is 9.15 Å². The van der Waals surface area contributed by atoms with E-state index in [9.17, 15) is 0 Å². The van der Waals surface area contributed by atoms with Crippen molar-refractivity contribution in [3.63, 3.8) is 0 Å². The molecule has 1 aromatic carbocycles. The van der Waals surface area contributed by atoms with E-state index in [-0.39, 0.29) is 5.41 Å². The zero-order valence-electron chi connectivity index (χ0n) is 16.3. The van der Waals surface area contributed by atoms with Crippen LogP contribution < -0.4 is 4.74 Å². The number of ether oxygens (including phenoxy) is 1. The van der Waals surface area contributed by atoms with E-state index >= 15 is 0 Å². The molecule has 0 N–H and O–H groups in total. The average molecular weight is 368 g/mol. The first kappa shape index (κ1) is 18.8. The van der Waals surface area contributed by atoms with Gasteiger partial charge in [0.25, 0.3) is 0 Å². The van der Waals surface area contributed by atoms with Gasteiger partial charge in [0, 0.05) is 18.9 Å².